The Bertz CT molecular complexity index is 469. The summed E-state index contributed by atoms with van der Waals surface area (Å²) in [4.78, 5) is 0. The Labute approximate surface area is 164 Å². The second-order valence-electron chi connectivity index (χ2n) is 8.05. The quantitative estimate of drug-likeness (QED) is 0.205. The van der Waals surface area contributed by atoms with E-state index in [2.05, 4.69) is 51.1 Å². The van der Waals surface area contributed by atoms with Crippen LogP contribution in [0.15, 0.2) is 30.4 Å². The summed E-state index contributed by atoms with van der Waals surface area (Å²) >= 11 is 0. The molecule has 0 unspecified atom stereocenters. The number of aryl methyl sites for hydroxylation is 2. The average molecular weight is 357 g/mol. The lowest BCUT2D eigenvalue weighted by Crippen LogP contribution is -1.92. The Morgan fingerprint density at radius 1 is 0.654 bits per heavy atom. The molecule has 0 aliphatic heterocycles. The molecule has 0 N–H and O–H groups in total. The molecule has 0 heterocycles. The number of hydrogen-bond acceptors (Lipinski definition) is 0. The summed E-state index contributed by atoms with van der Waals surface area (Å²) in [6, 6.07) is 6.73. The van der Waals surface area contributed by atoms with Crippen molar-refractivity contribution in [3.63, 3.8) is 0 Å². The third kappa shape index (κ3) is 11.6. The first-order valence-corrected chi connectivity index (χ1v) is 11.5. The predicted molar refractivity (Wildman–Crippen MR) is 119 cm³/mol. The van der Waals surface area contributed by atoms with E-state index in [1.165, 1.54) is 107 Å². The van der Waals surface area contributed by atoms with E-state index in [4.69, 9.17) is 0 Å². The molecule has 0 atom stereocenters. The zero-order chi connectivity index (χ0) is 18.9. The van der Waals surface area contributed by atoms with E-state index in [0.717, 1.165) is 0 Å². The van der Waals surface area contributed by atoms with Crippen molar-refractivity contribution in [1.29, 1.82) is 0 Å². The summed E-state index contributed by atoms with van der Waals surface area (Å²) in [6.07, 6.45) is 25.5. The second-order valence-corrected chi connectivity index (χ2v) is 8.05. The first-order valence-electron chi connectivity index (χ1n) is 11.5. The van der Waals surface area contributed by atoms with Gasteiger partial charge in [-0.1, -0.05) is 95.1 Å². The van der Waals surface area contributed by atoms with Gasteiger partial charge < -0.3 is 0 Å². The maximum atomic E-state index is 2.42. The van der Waals surface area contributed by atoms with Crippen molar-refractivity contribution in [2.24, 2.45) is 0 Å². The van der Waals surface area contributed by atoms with E-state index in [1.807, 2.05) is 0 Å². The highest BCUT2D eigenvalue weighted by Crippen LogP contribution is 2.16. The van der Waals surface area contributed by atoms with E-state index in [1.54, 1.807) is 5.56 Å². The van der Waals surface area contributed by atoms with Crippen LogP contribution in [0, 0.1) is 13.8 Å². The molecule has 148 valence electrons. The van der Waals surface area contributed by atoms with E-state index >= 15 is 0 Å². The van der Waals surface area contributed by atoms with Crippen LogP contribution in [-0.4, -0.2) is 0 Å². The van der Waals surface area contributed by atoms with Gasteiger partial charge in [-0.3, -0.25) is 0 Å². The summed E-state index contributed by atoms with van der Waals surface area (Å²) in [5.41, 5.74) is 4.49. The minimum absolute atomic E-state index is 1.26. The monoisotopic (exact) mass is 356 g/mol. The SMILES string of the molecule is CCCCCCCC/C=C\CCCCCCCCc1cccc(C)c1C. The van der Waals surface area contributed by atoms with Crippen molar-refractivity contribution < 1.29 is 0 Å². The Morgan fingerprint density at radius 3 is 1.81 bits per heavy atom. The number of hydrogen-bond donors (Lipinski definition) is 0. The van der Waals surface area contributed by atoms with Gasteiger partial charge in [-0.05, 0) is 69.1 Å². The van der Waals surface area contributed by atoms with Gasteiger partial charge in [0.25, 0.3) is 0 Å². The molecule has 1 rings (SSSR count). The lowest BCUT2D eigenvalue weighted by Gasteiger charge is -2.08. The molecule has 0 nitrogen and oxygen atoms in total. The highest BCUT2D eigenvalue weighted by molar-refractivity contribution is 5.33. The minimum atomic E-state index is 1.26. The number of allylic oxidation sites excluding steroid dienone is 2. The van der Waals surface area contributed by atoms with Crippen molar-refractivity contribution in [1.82, 2.24) is 0 Å². The van der Waals surface area contributed by atoms with Crippen LogP contribution >= 0.6 is 0 Å². The Morgan fingerprint density at radius 2 is 1.19 bits per heavy atom. The molecule has 0 aliphatic carbocycles. The molecule has 1 aromatic carbocycles. The van der Waals surface area contributed by atoms with Crippen LogP contribution in [0.4, 0.5) is 0 Å². The molecule has 0 amide bonds. The molecular formula is C26H44. The Balaban J connectivity index is 1.86. The predicted octanol–water partition coefficient (Wildman–Crippen LogP) is 8.88. The van der Waals surface area contributed by atoms with Gasteiger partial charge in [-0.25, -0.2) is 0 Å². The van der Waals surface area contributed by atoms with Crippen molar-refractivity contribution in [2.45, 2.75) is 117 Å². The fourth-order valence-corrected chi connectivity index (χ4v) is 3.65. The van der Waals surface area contributed by atoms with Gasteiger partial charge in [0.2, 0.25) is 0 Å². The molecule has 0 heteroatoms. The van der Waals surface area contributed by atoms with Gasteiger partial charge in [0.05, 0.1) is 0 Å². The standard InChI is InChI=1S/C26H44/c1-4-5-6-7-8-9-10-11-12-13-14-15-16-17-18-19-22-26-23-20-21-24(2)25(26)3/h11-12,20-21,23H,4-10,13-19,22H2,1-3H3/b12-11-. The highest BCUT2D eigenvalue weighted by atomic mass is 14.1. The van der Waals surface area contributed by atoms with Gasteiger partial charge in [0.15, 0.2) is 0 Å². The van der Waals surface area contributed by atoms with Crippen LogP contribution in [0.5, 0.6) is 0 Å². The van der Waals surface area contributed by atoms with Gasteiger partial charge in [-0.15, -0.1) is 0 Å². The van der Waals surface area contributed by atoms with Crippen LogP contribution in [0.3, 0.4) is 0 Å². The zero-order valence-corrected chi connectivity index (χ0v) is 18.0. The van der Waals surface area contributed by atoms with Gasteiger partial charge in [0.1, 0.15) is 0 Å². The average Bonchev–Trinajstić information content (AvgIpc) is 2.64. The smallest absolute Gasteiger partial charge is 0.0276 e. The van der Waals surface area contributed by atoms with E-state index < -0.39 is 0 Å². The molecule has 0 aromatic heterocycles. The first kappa shape index (κ1) is 23.0. The van der Waals surface area contributed by atoms with Gasteiger partial charge in [0, 0.05) is 0 Å². The molecule has 0 saturated carbocycles. The molecule has 26 heavy (non-hydrogen) atoms. The molecule has 0 aliphatic rings. The molecule has 0 saturated heterocycles. The molecule has 1 aromatic rings. The molecule has 0 bridgehead atoms. The maximum absolute atomic E-state index is 2.42. The topological polar surface area (TPSA) is 0 Å². The maximum Gasteiger partial charge on any atom is -0.0276 e. The molecule has 0 fully saturated rings. The van der Waals surface area contributed by atoms with Crippen LogP contribution in [0.1, 0.15) is 114 Å². The molecule has 0 radical (unpaired) electrons. The fourth-order valence-electron chi connectivity index (χ4n) is 3.65. The van der Waals surface area contributed by atoms with Crippen molar-refractivity contribution in [3.8, 4) is 0 Å². The van der Waals surface area contributed by atoms with Crippen molar-refractivity contribution in [2.75, 3.05) is 0 Å². The zero-order valence-electron chi connectivity index (χ0n) is 18.0. The summed E-state index contributed by atoms with van der Waals surface area (Å²) < 4.78 is 0. The van der Waals surface area contributed by atoms with Crippen LogP contribution < -0.4 is 0 Å². The third-order valence-corrected chi connectivity index (χ3v) is 5.67. The lowest BCUT2D eigenvalue weighted by atomic mass is 9.98. The van der Waals surface area contributed by atoms with Gasteiger partial charge in [-0.2, -0.15) is 0 Å². The Kier molecular flexibility index (Phi) is 14.3. The fraction of sp³-hybridized carbons (Fsp3) is 0.692. The summed E-state index contributed by atoms with van der Waals surface area (Å²) in [7, 11) is 0. The van der Waals surface area contributed by atoms with Crippen LogP contribution in [0.2, 0.25) is 0 Å². The molecule has 0 spiro atoms. The first-order chi connectivity index (χ1) is 12.8. The number of unbranched alkanes of at least 4 members (excludes halogenated alkanes) is 12. The van der Waals surface area contributed by atoms with Crippen LogP contribution in [-0.2, 0) is 6.42 Å². The van der Waals surface area contributed by atoms with Crippen molar-refractivity contribution >= 4 is 0 Å². The minimum Gasteiger partial charge on any atom is -0.0885 e. The third-order valence-electron chi connectivity index (χ3n) is 5.67. The number of benzene rings is 1. The molecular weight excluding hydrogens is 312 g/mol. The van der Waals surface area contributed by atoms with E-state index in [0.29, 0.717) is 0 Å². The normalized spacial score (nSPS) is 11.5. The summed E-state index contributed by atoms with van der Waals surface area (Å²) in [5.74, 6) is 0. The number of rotatable bonds is 16. The van der Waals surface area contributed by atoms with E-state index in [9.17, 15) is 0 Å². The van der Waals surface area contributed by atoms with Crippen LogP contribution in [0.25, 0.3) is 0 Å². The lowest BCUT2D eigenvalue weighted by molar-refractivity contribution is 0.595. The summed E-state index contributed by atoms with van der Waals surface area (Å²) in [6.45, 7) is 6.78. The second kappa shape index (κ2) is 16.2. The van der Waals surface area contributed by atoms with Gasteiger partial charge >= 0.3 is 0 Å². The largest absolute Gasteiger partial charge is 0.0885 e. The highest BCUT2D eigenvalue weighted by Gasteiger charge is 2.00. The van der Waals surface area contributed by atoms with Crippen molar-refractivity contribution in [3.05, 3.63) is 47.0 Å². The summed E-state index contributed by atoms with van der Waals surface area (Å²) in [5, 5.41) is 0. The Hall–Kier alpha value is -1.04. The van der Waals surface area contributed by atoms with E-state index in [-0.39, 0.29) is 0 Å².